The van der Waals surface area contributed by atoms with Gasteiger partial charge >= 0.3 is 0 Å². The third-order valence-corrected chi connectivity index (χ3v) is 5.63. The number of anilines is 1. The summed E-state index contributed by atoms with van der Waals surface area (Å²) >= 11 is 7.67. The summed E-state index contributed by atoms with van der Waals surface area (Å²) in [5.41, 5.74) is 0.286. The highest BCUT2D eigenvalue weighted by Crippen LogP contribution is 2.26. The number of thioether (sulfide) groups is 1. The van der Waals surface area contributed by atoms with Gasteiger partial charge in [0.1, 0.15) is 12.3 Å². The lowest BCUT2D eigenvalue weighted by atomic mass is 10.3. The SMILES string of the molecule is CS(=O)(=O)N(CC(=O)NCCSCc1ccco1)c1ccccc1Cl. The molecule has 1 amide bonds. The minimum atomic E-state index is -3.63. The van der Waals surface area contributed by atoms with Gasteiger partial charge in [0.25, 0.3) is 0 Å². The van der Waals surface area contributed by atoms with Crippen molar-refractivity contribution in [2.24, 2.45) is 0 Å². The van der Waals surface area contributed by atoms with E-state index >= 15 is 0 Å². The Labute approximate surface area is 156 Å². The van der Waals surface area contributed by atoms with E-state index in [0.29, 0.717) is 12.3 Å². The minimum Gasteiger partial charge on any atom is -0.468 e. The van der Waals surface area contributed by atoms with Crippen LogP contribution in [0.3, 0.4) is 0 Å². The molecule has 0 radical (unpaired) electrons. The number of furan rings is 1. The fourth-order valence-electron chi connectivity index (χ4n) is 2.05. The first kappa shape index (κ1) is 19.7. The predicted molar refractivity (Wildman–Crippen MR) is 102 cm³/mol. The first-order valence-corrected chi connectivity index (χ1v) is 10.8. The molecule has 0 aliphatic heterocycles. The van der Waals surface area contributed by atoms with Crippen LogP contribution in [0.2, 0.25) is 5.02 Å². The fraction of sp³-hybridized carbons (Fsp3) is 0.312. The molecular weight excluding hydrogens is 384 g/mol. The zero-order valence-corrected chi connectivity index (χ0v) is 16.0. The van der Waals surface area contributed by atoms with Crippen molar-refractivity contribution in [3.8, 4) is 0 Å². The Balaban J connectivity index is 1.84. The number of amides is 1. The van der Waals surface area contributed by atoms with Crippen molar-refractivity contribution >= 4 is 45.0 Å². The summed E-state index contributed by atoms with van der Waals surface area (Å²) < 4.78 is 30.2. The first-order chi connectivity index (χ1) is 11.9. The molecule has 2 rings (SSSR count). The number of nitrogens with one attached hydrogen (secondary N) is 1. The molecule has 9 heteroatoms. The summed E-state index contributed by atoms with van der Waals surface area (Å²) in [6, 6.07) is 10.2. The van der Waals surface area contributed by atoms with Crippen molar-refractivity contribution in [3.63, 3.8) is 0 Å². The predicted octanol–water partition coefficient (Wildman–Crippen LogP) is 2.75. The molecule has 0 aliphatic rings. The van der Waals surface area contributed by atoms with Crippen LogP contribution in [0.5, 0.6) is 0 Å². The van der Waals surface area contributed by atoms with Crippen LogP contribution >= 0.6 is 23.4 Å². The van der Waals surface area contributed by atoms with Gasteiger partial charge in [-0.25, -0.2) is 8.42 Å². The number of carbonyl (C=O) groups excluding carboxylic acids is 1. The second-order valence-electron chi connectivity index (χ2n) is 5.20. The van der Waals surface area contributed by atoms with Crippen LogP contribution in [0, 0.1) is 0 Å². The number of carbonyl (C=O) groups is 1. The molecule has 0 bridgehead atoms. The van der Waals surface area contributed by atoms with E-state index in [1.807, 2.05) is 12.1 Å². The minimum absolute atomic E-state index is 0.273. The lowest BCUT2D eigenvalue weighted by molar-refractivity contribution is -0.119. The molecule has 0 unspecified atom stereocenters. The molecule has 0 atom stereocenters. The molecule has 0 saturated carbocycles. The molecule has 25 heavy (non-hydrogen) atoms. The molecule has 0 aliphatic carbocycles. The van der Waals surface area contributed by atoms with Gasteiger partial charge in [-0.3, -0.25) is 9.10 Å². The van der Waals surface area contributed by atoms with Crippen molar-refractivity contribution < 1.29 is 17.6 Å². The maximum absolute atomic E-state index is 12.1. The molecule has 2 aromatic rings. The third kappa shape index (κ3) is 6.30. The van der Waals surface area contributed by atoms with Crippen LogP contribution in [0.15, 0.2) is 47.1 Å². The van der Waals surface area contributed by atoms with Gasteiger partial charge in [-0.1, -0.05) is 23.7 Å². The highest BCUT2D eigenvalue weighted by Gasteiger charge is 2.22. The molecule has 0 spiro atoms. The quantitative estimate of drug-likeness (QED) is 0.652. The van der Waals surface area contributed by atoms with Crippen molar-refractivity contribution in [3.05, 3.63) is 53.4 Å². The Hall–Kier alpha value is -1.64. The molecule has 1 aromatic heterocycles. The first-order valence-electron chi connectivity index (χ1n) is 7.47. The van der Waals surface area contributed by atoms with Crippen LogP contribution in [0.25, 0.3) is 0 Å². The van der Waals surface area contributed by atoms with Crippen LogP contribution in [0.1, 0.15) is 5.76 Å². The number of hydrogen-bond donors (Lipinski definition) is 1. The Bertz CT molecular complexity index is 794. The van der Waals surface area contributed by atoms with Gasteiger partial charge in [0.05, 0.1) is 29.0 Å². The number of halogens is 1. The highest BCUT2D eigenvalue weighted by atomic mass is 35.5. The Kier molecular flexibility index (Phi) is 7.22. The lowest BCUT2D eigenvalue weighted by Crippen LogP contribution is -2.41. The van der Waals surface area contributed by atoms with Crippen molar-refractivity contribution in [1.29, 1.82) is 0 Å². The zero-order chi connectivity index (χ0) is 18.3. The Morgan fingerprint density at radius 3 is 2.68 bits per heavy atom. The van der Waals surface area contributed by atoms with Gasteiger partial charge in [-0.05, 0) is 24.3 Å². The lowest BCUT2D eigenvalue weighted by Gasteiger charge is -2.22. The van der Waals surface area contributed by atoms with E-state index in [2.05, 4.69) is 5.32 Å². The van der Waals surface area contributed by atoms with Crippen molar-refractivity contribution in [2.75, 3.05) is 29.4 Å². The maximum atomic E-state index is 12.1. The largest absolute Gasteiger partial charge is 0.468 e. The van der Waals surface area contributed by atoms with Crippen LogP contribution in [0.4, 0.5) is 5.69 Å². The smallest absolute Gasteiger partial charge is 0.240 e. The summed E-state index contributed by atoms with van der Waals surface area (Å²) in [4.78, 5) is 12.1. The van der Waals surface area contributed by atoms with Gasteiger partial charge < -0.3 is 9.73 Å². The van der Waals surface area contributed by atoms with E-state index in [0.717, 1.165) is 22.1 Å². The summed E-state index contributed by atoms with van der Waals surface area (Å²) in [5, 5.41) is 2.99. The normalized spacial score (nSPS) is 11.3. The maximum Gasteiger partial charge on any atom is 0.240 e. The second-order valence-corrected chi connectivity index (χ2v) is 8.62. The number of rotatable bonds is 9. The summed E-state index contributed by atoms with van der Waals surface area (Å²) in [6.07, 6.45) is 2.66. The number of para-hydroxylation sites is 1. The molecule has 0 saturated heterocycles. The van der Waals surface area contributed by atoms with E-state index in [1.165, 1.54) is 0 Å². The molecule has 1 aromatic carbocycles. The molecule has 6 nitrogen and oxygen atoms in total. The number of nitrogens with zero attached hydrogens (tertiary/aromatic N) is 1. The monoisotopic (exact) mass is 402 g/mol. The zero-order valence-electron chi connectivity index (χ0n) is 13.6. The van der Waals surface area contributed by atoms with E-state index < -0.39 is 10.0 Å². The Morgan fingerprint density at radius 2 is 2.04 bits per heavy atom. The average Bonchev–Trinajstić information content (AvgIpc) is 3.05. The van der Waals surface area contributed by atoms with Gasteiger partial charge in [0, 0.05) is 12.3 Å². The van der Waals surface area contributed by atoms with Gasteiger partial charge in [-0.2, -0.15) is 11.8 Å². The number of benzene rings is 1. The third-order valence-electron chi connectivity index (χ3n) is 3.20. The molecule has 136 valence electrons. The number of sulfonamides is 1. The summed E-state index contributed by atoms with van der Waals surface area (Å²) in [6.45, 7) is 0.121. The van der Waals surface area contributed by atoms with Gasteiger partial charge in [0.15, 0.2) is 0 Å². The second kappa shape index (κ2) is 9.17. The molecule has 1 N–H and O–H groups in total. The van der Waals surface area contributed by atoms with E-state index in [9.17, 15) is 13.2 Å². The Morgan fingerprint density at radius 1 is 1.28 bits per heavy atom. The standard InChI is InChI=1S/C16H19ClN2O4S2/c1-25(21,22)19(15-7-3-2-6-14(15)17)11-16(20)18-8-10-24-12-13-5-4-9-23-13/h2-7,9H,8,10-12H2,1H3,(H,18,20). The van der Waals surface area contributed by atoms with Crippen molar-refractivity contribution in [2.45, 2.75) is 5.75 Å². The molecule has 0 fully saturated rings. The topological polar surface area (TPSA) is 79.6 Å². The van der Waals surface area contributed by atoms with Gasteiger partial charge in [0.2, 0.25) is 15.9 Å². The van der Waals surface area contributed by atoms with Crippen LogP contribution < -0.4 is 9.62 Å². The summed E-state index contributed by atoms with van der Waals surface area (Å²) in [7, 11) is -3.63. The highest BCUT2D eigenvalue weighted by molar-refractivity contribution is 7.98. The van der Waals surface area contributed by atoms with E-state index in [1.54, 1.807) is 42.3 Å². The van der Waals surface area contributed by atoms with Crippen molar-refractivity contribution in [1.82, 2.24) is 5.32 Å². The fourth-order valence-corrected chi connectivity index (χ4v) is 3.96. The molecule has 1 heterocycles. The van der Waals surface area contributed by atoms with E-state index in [-0.39, 0.29) is 23.2 Å². The van der Waals surface area contributed by atoms with Crippen LogP contribution in [-0.4, -0.2) is 39.4 Å². The summed E-state index contributed by atoms with van der Waals surface area (Å²) in [5.74, 6) is 1.90. The average molecular weight is 403 g/mol. The van der Waals surface area contributed by atoms with E-state index in [4.69, 9.17) is 16.0 Å². The molecular formula is C16H19ClN2O4S2. The van der Waals surface area contributed by atoms with Crippen LogP contribution in [-0.2, 0) is 20.6 Å². The number of hydrogen-bond acceptors (Lipinski definition) is 5. The van der Waals surface area contributed by atoms with Gasteiger partial charge in [-0.15, -0.1) is 0 Å².